The Kier molecular flexibility index (Phi) is 3.05. The fourth-order valence-corrected chi connectivity index (χ4v) is 2.45. The number of rotatable bonds is 2. The second-order valence-corrected chi connectivity index (χ2v) is 4.55. The molecule has 1 aliphatic carbocycles. The van der Waals surface area contributed by atoms with Gasteiger partial charge in [-0.3, -0.25) is 0 Å². The maximum atomic E-state index is 9.82. The van der Waals surface area contributed by atoms with Crippen LogP contribution in [0.25, 0.3) is 11.3 Å². The Bertz CT molecular complexity index is 768. The second-order valence-electron chi connectivity index (χ2n) is 4.55. The van der Waals surface area contributed by atoms with Crippen molar-refractivity contribution in [3.8, 4) is 6.07 Å². The third-order valence-corrected chi connectivity index (χ3v) is 3.40. The van der Waals surface area contributed by atoms with Gasteiger partial charge < -0.3 is 14.6 Å². The highest BCUT2D eigenvalue weighted by molar-refractivity contribution is 5.70. The summed E-state index contributed by atoms with van der Waals surface area (Å²) in [6, 6.07) is 9.38. The standard InChI is InChI=1S/C16H13NO3/c1-19-10-6-7-15-13(8-10)11-4-2-3-5-12(11)16(20-15)14(18)9-17/h2-8,14-15,18H,1H3. The van der Waals surface area contributed by atoms with Gasteiger partial charge in [0.15, 0.2) is 6.10 Å². The number of fused-ring (bicyclic) bond motifs is 2. The lowest BCUT2D eigenvalue weighted by molar-refractivity contribution is 0.175. The highest BCUT2D eigenvalue weighted by Crippen LogP contribution is 2.24. The topological polar surface area (TPSA) is 62.5 Å². The van der Waals surface area contributed by atoms with Crippen LogP contribution in [0.5, 0.6) is 0 Å². The molecule has 4 heteroatoms. The van der Waals surface area contributed by atoms with Crippen LogP contribution in [0.15, 0.2) is 48.3 Å². The van der Waals surface area contributed by atoms with Gasteiger partial charge in [0.2, 0.25) is 0 Å². The van der Waals surface area contributed by atoms with Crippen molar-refractivity contribution >= 4 is 11.3 Å². The zero-order valence-electron chi connectivity index (χ0n) is 10.9. The van der Waals surface area contributed by atoms with E-state index in [2.05, 4.69) is 0 Å². The molecular formula is C16H13NO3. The van der Waals surface area contributed by atoms with Gasteiger partial charge in [0, 0.05) is 10.8 Å². The van der Waals surface area contributed by atoms with Gasteiger partial charge in [0.1, 0.15) is 23.7 Å². The largest absolute Gasteiger partial charge is 0.497 e. The Hall–Kier alpha value is -2.51. The first-order chi connectivity index (χ1) is 9.74. The molecule has 20 heavy (non-hydrogen) atoms. The number of ether oxygens (including phenoxy) is 2. The average Bonchev–Trinajstić information content (AvgIpc) is 2.52. The summed E-state index contributed by atoms with van der Waals surface area (Å²) in [5.74, 6) is 1.05. The van der Waals surface area contributed by atoms with Crippen LogP contribution in [0.3, 0.4) is 0 Å². The molecule has 0 radical (unpaired) electrons. The molecule has 0 saturated heterocycles. The van der Waals surface area contributed by atoms with Gasteiger partial charge in [0.25, 0.3) is 0 Å². The zero-order valence-corrected chi connectivity index (χ0v) is 10.9. The third kappa shape index (κ3) is 1.89. The molecular weight excluding hydrogens is 254 g/mol. The summed E-state index contributed by atoms with van der Waals surface area (Å²) in [6.07, 6.45) is 4.02. The van der Waals surface area contributed by atoms with Crippen LogP contribution >= 0.6 is 0 Å². The third-order valence-electron chi connectivity index (χ3n) is 3.40. The van der Waals surface area contributed by atoms with Crippen LogP contribution in [0, 0.1) is 11.3 Å². The van der Waals surface area contributed by atoms with E-state index in [0.29, 0.717) is 5.76 Å². The summed E-state index contributed by atoms with van der Waals surface area (Å²) in [6.45, 7) is 0. The first-order valence-electron chi connectivity index (χ1n) is 6.26. The van der Waals surface area contributed by atoms with E-state index >= 15 is 0 Å². The van der Waals surface area contributed by atoms with Crippen molar-refractivity contribution in [2.45, 2.75) is 12.2 Å². The number of allylic oxidation sites excluding steroid dienone is 1. The van der Waals surface area contributed by atoms with Crippen LogP contribution in [-0.4, -0.2) is 24.4 Å². The van der Waals surface area contributed by atoms with Crippen LogP contribution in [0.1, 0.15) is 0 Å². The number of hydrogen-bond donors (Lipinski definition) is 1. The van der Waals surface area contributed by atoms with Gasteiger partial charge in [-0.15, -0.1) is 0 Å². The van der Waals surface area contributed by atoms with Gasteiger partial charge >= 0.3 is 0 Å². The van der Waals surface area contributed by atoms with Crippen LogP contribution < -0.4 is 10.4 Å². The van der Waals surface area contributed by atoms with Crippen molar-refractivity contribution < 1.29 is 14.6 Å². The normalized spacial score (nSPS) is 21.1. The monoisotopic (exact) mass is 267 g/mol. The lowest BCUT2D eigenvalue weighted by atomic mass is 9.96. The lowest BCUT2D eigenvalue weighted by Gasteiger charge is -2.26. The highest BCUT2D eigenvalue weighted by Gasteiger charge is 2.26. The molecule has 1 aromatic carbocycles. The van der Waals surface area contributed by atoms with Gasteiger partial charge in [-0.05, 0) is 23.4 Å². The van der Waals surface area contributed by atoms with Crippen LogP contribution in [-0.2, 0) is 9.47 Å². The molecule has 2 atom stereocenters. The van der Waals surface area contributed by atoms with Gasteiger partial charge in [0.05, 0.1) is 7.11 Å². The molecule has 2 aliphatic rings. The molecule has 0 aromatic heterocycles. The predicted molar refractivity (Wildman–Crippen MR) is 73.2 cm³/mol. The quantitative estimate of drug-likeness (QED) is 0.784. The lowest BCUT2D eigenvalue weighted by Crippen LogP contribution is -2.41. The molecule has 2 unspecified atom stereocenters. The Balaban J connectivity index is 2.34. The SMILES string of the molecule is COC1=CC2=c3ccccc3=C(C(O)C#N)OC2C=C1. The zero-order chi connectivity index (χ0) is 14.1. The minimum absolute atomic E-state index is 0.302. The molecule has 1 N–H and O–H groups in total. The molecule has 1 heterocycles. The summed E-state index contributed by atoms with van der Waals surface area (Å²) in [5.41, 5.74) is 0.967. The first kappa shape index (κ1) is 12.5. The number of nitriles is 1. The molecule has 4 nitrogen and oxygen atoms in total. The summed E-state index contributed by atoms with van der Waals surface area (Å²) >= 11 is 0. The van der Waals surface area contributed by atoms with Gasteiger partial charge in [-0.25, -0.2) is 0 Å². The smallest absolute Gasteiger partial charge is 0.198 e. The van der Waals surface area contributed by atoms with Crippen molar-refractivity contribution in [2.24, 2.45) is 0 Å². The van der Waals surface area contributed by atoms with Crippen molar-refractivity contribution in [3.05, 3.63) is 58.7 Å². The van der Waals surface area contributed by atoms with E-state index < -0.39 is 6.10 Å². The molecule has 0 spiro atoms. The molecule has 100 valence electrons. The minimum Gasteiger partial charge on any atom is -0.497 e. The molecule has 0 amide bonds. The van der Waals surface area contributed by atoms with Crippen molar-refractivity contribution in [2.75, 3.05) is 7.11 Å². The molecule has 3 rings (SSSR count). The maximum absolute atomic E-state index is 9.82. The molecule has 1 aromatic rings. The Morgan fingerprint density at radius 3 is 2.80 bits per heavy atom. The van der Waals surface area contributed by atoms with E-state index in [9.17, 15) is 5.11 Å². The molecule has 0 saturated carbocycles. The van der Waals surface area contributed by atoms with E-state index in [4.69, 9.17) is 14.7 Å². The van der Waals surface area contributed by atoms with E-state index in [-0.39, 0.29) is 6.10 Å². The second kappa shape index (κ2) is 4.87. The Morgan fingerprint density at radius 1 is 1.35 bits per heavy atom. The minimum atomic E-state index is -1.26. The number of benzene rings is 1. The summed E-state index contributed by atoms with van der Waals surface area (Å²) in [7, 11) is 1.61. The average molecular weight is 267 g/mol. The van der Waals surface area contributed by atoms with Crippen molar-refractivity contribution in [1.29, 1.82) is 5.26 Å². The number of aliphatic hydroxyl groups excluding tert-OH is 1. The number of hydrogen-bond acceptors (Lipinski definition) is 4. The maximum Gasteiger partial charge on any atom is 0.198 e. The summed E-state index contributed by atoms with van der Waals surface area (Å²) < 4.78 is 11.0. The van der Waals surface area contributed by atoms with Gasteiger partial charge in [-0.1, -0.05) is 24.3 Å². The Labute approximate surface area is 116 Å². The highest BCUT2D eigenvalue weighted by atomic mass is 16.5. The molecule has 0 fully saturated rings. The summed E-state index contributed by atoms with van der Waals surface area (Å²) in [4.78, 5) is 0. The van der Waals surface area contributed by atoms with Crippen LogP contribution in [0.4, 0.5) is 0 Å². The molecule has 0 bridgehead atoms. The van der Waals surface area contributed by atoms with E-state index in [1.807, 2.05) is 48.6 Å². The first-order valence-corrected chi connectivity index (χ1v) is 6.26. The Morgan fingerprint density at radius 2 is 2.10 bits per heavy atom. The summed E-state index contributed by atoms with van der Waals surface area (Å²) in [5, 5.41) is 20.4. The molecule has 1 aliphatic heterocycles. The van der Waals surface area contributed by atoms with E-state index in [1.54, 1.807) is 7.11 Å². The predicted octanol–water partition coefficient (Wildman–Crippen LogP) is 0.329. The number of nitrogens with zero attached hydrogens (tertiary/aromatic N) is 1. The number of aliphatic hydroxyl groups is 1. The fourth-order valence-electron chi connectivity index (χ4n) is 2.45. The van der Waals surface area contributed by atoms with Crippen molar-refractivity contribution in [3.63, 3.8) is 0 Å². The van der Waals surface area contributed by atoms with Crippen molar-refractivity contribution in [1.82, 2.24) is 0 Å². The van der Waals surface area contributed by atoms with Gasteiger partial charge in [-0.2, -0.15) is 5.26 Å². The van der Waals surface area contributed by atoms with E-state index in [1.165, 1.54) is 0 Å². The fraction of sp³-hybridized carbons (Fsp3) is 0.188. The van der Waals surface area contributed by atoms with Crippen LogP contribution in [0.2, 0.25) is 0 Å². The number of methoxy groups -OCH3 is 1. The van der Waals surface area contributed by atoms with E-state index in [0.717, 1.165) is 21.8 Å².